The van der Waals surface area contributed by atoms with E-state index < -0.39 is 4.92 Å². The maximum atomic E-state index is 12.2. The van der Waals surface area contributed by atoms with Gasteiger partial charge in [-0.25, -0.2) is 9.97 Å². The quantitative estimate of drug-likeness (QED) is 0.402. The highest BCUT2D eigenvalue weighted by Crippen LogP contribution is 2.32. The molecule has 2 heterocycles. The zero-order valence-corrected chi connectivity index (χ0v) is 18.4. The molecule has 1 saturated heterocycles. The van der Waals surface area contributed by atoms with Crippen LogP contribution >= 0.6 is 11.6 Å². The van der Waals surface area contributed by atoms with Gasteiger partial charge in [-0.2, -0.15) is 0 Å². The highest BCUT2D eigenvalue weighted by molar-refractivity contribution is 6.30. The van der Waals surface area contributed by atoms with Gasteiger partial charge in [0.1, 0.15) is 6.33 Å². The molecule has 1 aromatic heterocycles. The number of nitrogens with zero attached hydrogens (tertiary/aromatic N) is 5. The number of nitrogens with one attached hydrogen (secondary N) is 2. The smallest absolute Gasteiger partial charge is 0.355 e. The third kappa shape index (κ3) is 5.47. The number of benzene rings is 2. The minimum Gasteiger partial charge on any atom is -0.368 e. The SMILES string of the molecule is O=C(Cc1ccccc1)NNc1ncnc(N2CCN(c3cccc(Cl)c3)CC2)c1[N+](=O)[O-]. The average Bonchev–Trinajstić information content (AvgIpc) is 2.83. The van der Waals surface area contributed by atoms with Crippen molar-refractivity contribution in [1.29, 1.82) is 0 Å². The third-order valence-corrected chi connectivity index (χ3v) is 5.50. The maximum Gasteiger partial charge on any atom is 0.355 e. The average molecular weight is 468 g/mol. The summed E-state index contributed by atoms with van der Waals surface area (Å²) in [4.78, 5) is 35.7. The number of carbonyl (C=O) groups excluding carboxylic acids is 1. The fraction of sp³-hybridized carbons (Fsp3) is 0.227. The van der Waals surface area contributed by atoms with E-state index in [1.807, 2.05) is 59.5 Å². The summed E-state index contributed by atoms with van der Waals surface area (Å²) < 4.78 is 0. The molecule has 2 N–H and O–H groups in total. The summed E-state index contributed by atoms with van der Waals surface area (Å²) in [5.41, 5.74) is 6.62. The van der Waals surface area contributed by atoms with Crippen LogP contribution in [0.2, 0.25) is 5.02 Å². The highest BCUT2D eigenvalue weighted by Gasteiger charge is 2.29. The summed E-state index contributed by atoms with van der Waals surface area (Å²) in [7, 11) is 0. The lowest BCUT2D eigenvalue weighted by molar-refractivity contribution is -0.383. The van der Waals surface area contributed by atoms with Crippen LogP contribution in [-0.4, -0.2) is 47.0 Å². The van der Waals surface area contributed by atoms with E-state index in [4.69, 9.17) is 11.6 Å². The first-order chi connectivity index (χ1) is 16.0. The first kappa shape index (κ1) is 22.3. The molecule has 1 aliphatic rings. The minimum atomic E-state index is -0.537. The van der Waals surface area contributed by atoms with Crippen LogP contribution < -0.4 is 20.7 Å². The molecule has 0 atom stereocenters. The first-order valence-electron chi connectivity index (χ1n) is 10.3. The number of piperazine rings is 1. The van der Waals surface area contributed by atoms with Crippen LogP contribution in [0.3, 0.4) is 0 Å². The van der Waals surface area contributed by atoms with Crippen molar-refractivity contribution in [2.45, 2.75) is 6.42 Å². The van der Waals surface area contributed by atoms with Gasteiger partial charge in [-0.1, -0.05) is 48.0 Å². The molecule has 10 nitrogen and oxygen atoms in total. The Kier molecular flexibility index (Phi) is 6.84. The fourth-order valence-corrected chi connectivity index (χ4v) is 3.85. The van der Waals surface area contributed by atoms with Gasteiger partial charge < -0.3 is 9.80 Å². The number of amides is 1. The number of carbonyl (C=O) groups is 1. The van der Waals surface area contributed by atoms with Crippen LogP contribution in [0.4, 0.5) is 23.0 Å². The van der Waals surface area contributed by atoms with E-state index in [1.54, 1.807) is 0 Å². The van der Waals surface area contributed by atoms with E-state index in [0.717, 1.165) is 11.3 Å². The monoisotopic (exact) mass is 467 g/mol. The van der Waals surface area contributed by atoms with Crippen molar-refractivity contribution in [1.82, 2.24) is 15.4 Å². The van der Waals surface area contributed by atoms with Crippen LogP contribution in [-0.2, 0) is 11.2 Å². The molecule has 2 aromatic carbocycles. The van der Waals surface area contributed by atoms with E-state index >= 15 is 0 Å². The topological polar surface area (TPSA) is 117 Å². The predicted octanol–water partition coefficient (Wildman–Crippen LogP) is 3.05. The maximum absolute atomic E-state index is 12.2. The summed E-state index contributed by atoms with van der Waals surface area (Å²) in [6.07, 6.45) is 1.38. The molecule has 11 heteroatoms. The van der Waals surface area contributed by atoms with E-state index in [-0.39, 0.29) is 29.7 Å². The number of hydrazine groups is 1. The Labute approximate surface area is 195 Å². The normalized spacial score (nSPS) is 13.5. The number of hydrogen-bond acceptors (Lipinski definition) is 8. The van der Waals surface area contributed by atoms with Crippen molar-refractivity contribution < 1.29 is 9.72 Å². The third-order valence-electron chi connectivity index (χ3n) is 5.27. The molecule has 1 amide bonds. The lowest BCUT2D eigenvalue weighted by Gasteiger charge is -2.36. The van der Waals surface area contributed by atoms with Gasteiger partial charge in [0.25, 0.3) is 0 Å². The molecule has 0 spiro atoms. The Morgan fingerprint density at radius 1 is 1.03 bits per heavy atom. The van der Waals surface area contributed by atoms with E-state index in [1.165, 1.54) is 6.33 Å². The Hall–Kier alpha value is -3.92. The number of rotatable bonds is 7. The van der Waals surface area contributed by atoms with E-state index in [2.05, 4.69) is 25.7 Å². The first-order valence-corrected chi connectivity index (χ1v) is 10.7. The second-order valence-corrected chi connectivity index (χ2v) is 7.88. The van der Waals surface area contributed by atoms with Crippen molar-refractivity contribution in [2.24, 2.45) is 0 Å². The molecule has 0 saturated carbocycles. The van der Waals surface area contributed by atoms with Gasteiger partial charge in [0, 0.05) is 36.9 Å². The Morgan fingerprint density at radius 3 is 2.45 bits per heavy atom. The van der Waals surface area contributed by atoms with Crippen LogP contribution in [0.15, 0.2) is 60.9 Å². The minimum absolute atomic E-state index is 0.0660. The summed E-state index contributed by atoms with van der Waals surface area (Å²) in [6, 6.07) is 16.8. The number of nitro groups is 1. The molecule has 0 bridgehead atoms. The van der Waals surface area contributed by atoms with Gasteiger partial charge in [0.2, 0.25) is 17.5 Å². The molecule has 0 unspecified atom stereocenters. The highest BCUT2D eigenvalue weighted by atomic mass is 35.5. The van der Waals surface area contributed by atoms with E-state index in [9.17, 15) is 14.9 Å². The van der Waals surface area contributed by atoms with Crippen LogP contribution in [0.1, 0.15) is 5.56 Å². The van der Waals surface area contributed by atoms with Crippen LogP contribution in [0.25, 0.3) is 0 Å². The summed E-state index contributed by atoms with van der Waals surface area (Å²) in [6.45, 7) is 2.37. The van der Waals surface area contributed by atoms with Gasteiger partial charge in [-0.15, -0.1) is 0 Å². The summed E-state index contributed by atoms with van der Waals surface area (Å²) >= 11 is 6.09. The van der Waals surface area contributed by atoms with Crippen molar-refractivity contribution in [3.63, 3.8) is 0 Å². The second-order valence-electron chi connectivity index (χ2n) is 7.44. The predicted molar refractivity (Wildman–Crippen MR) is 126 cm³/mol. The summed E-state index contributed by atoms with van der Waals surface area (Å²) in [5, 5.41) is 12.5. The number of anilines is 3. The van der Waals surface area contributed by atoms with Gasteiger partial charge in [-0.05, 0) is 23.8 Å². The van der Waals surface area contributed by atoms with Crippen molar-refractivity contribution in [3.8, 4) is 0 Å². The second kappa shape index (κ2) is 10.1. The van der Waals surface area contributed by atoms with Crippen molar-refractivity contribution in [3.05, 3.63) is 81.6 Å². The Bertz CT molecular complexity index is 1140. The summed E-state index contributed by atoms with van der Waals surface area (Å²) in [5.74, 6) is -0.199. The molecule has 4 rings (SSSR count). The molecular weight excluding hydrogens is 446 g/mol. The number of hydrogen-bond donors (Lipinski definition) is 2. The van der Waals surface area contributed by atoms with Crippen molar-refractivity contribution in [2.75, 3.05) is 41.4 Å². The lowest BCUT2D eigenvalue weighted by Crippen LogP contribution is -2.47. The van der Waals surface area contributed by atoms with E-state index in [0.29, 0.717) is 31.2 Å². The van der Waals surface area contributed by atoms with Gasteiger partial charge in [0.05, 0.1) is 11.3 Å². The standard InChI is InChI=1S/C22H22ClN7O3/c23-17-7-4-8-18(14-17)28-9-11-29(12-10-28)22-20(30(32)33)21(24-15-25-22)27-26-19(31)13-16-5-2-1-3-6-16/h1-8,14-15H,9-13H2,(H,26,31)(H,24,25,27). The van der Waals surface area contributed by atoms with Gasteiger partial charge in [0.15, 0.2) is 0 Å². The molecule has 1 fully saturated rings. The molecule has 3 aromatic rings. The van der Waals surface area contributed by atoms with Crippen molar-refractivity contribution >= 4 is 40.5 Å². The zero-order chi connectivity index (χ0) is 23.2. The molecule has 0 radical (unpaired) electrons. The van der Waals surface area contributed by atoms with Gasteiger partial charge >= 0.3 is 5.69 Å². The van der Waals surface area contributed by atoms with Gasteiger partial charge in [-0.3, -0.25) is 25.8 Å². The molecular formula is C22H22ClN7O3. The lowest BCUT2D eigenvalue weighted by atomic mass is 10.1. The molecule has 1 aliphatic heterocycles. The van der Waals surface area contributed by atoms with Crippen LogP contribution in [0.5, 0.6) is 0 Å². The fourth-order valence-electron chi connectivity index (χ4n) is 3.66. The number of aromatic nitrogens is 2. The molecule has 33 heavy (non-hydrogen) atoms. The number of halogens is 1. The largest absolute Gasteiger partial charge is 0.368 e. The Morgan fingerprint density at radius 2 is 1.76 bits per heavy atom. The molecule has 170 valence electrons. The van der Waals surface area contributed by atoms with Crippen LogP contribution in [0, 0.1) is 10.1 Å². The molecule has 0 aliphatic carbocycles. The Balaban J connectivity index is 1.44. The zero-order valence-electron chi connectivity index (χ0n) is 17.6.